The van der Waals surface area contributed by atoms with Gasteiger partial charge in [0.2, 0.25) is 5.82 Å². The molecule has 0 aromatic carbocycles. The lowest BCUT2D eigenvalue weighted by atomic mass is 10.0. The smallest absolute Gasteiger partial charge is 0.333 e. The van der Waals surface area contributed by atoms with E-state index in [-0.39, 0.29) is 21.4 Å². The monoisotopic (exact) mass is 280 g/mol. The minimum atomic E-state index is -0.336. The summed E-state index contributed by atoms with van der Waals surface area (Å²) in [7, 11) is 1.75. The number of nitro groups is 1. The van der Waals surface area contributed by atoms with E-state index in [2.05, 4.69) is 38.1 Å². The Morgan fingerprint density at radius 2 is 1.90 bits per heavy atom. The second-order valence-electron chi connectivity index (χ2n) is 6.76. The van der Waals surface area contributed by atoms with Gasteiger partial charge >= 0.3 is 5.69 Å². The van der Waals surface area contributed by atoms with Crippen molar-refractivity contribution in [1.82, 2.24) is 9.78 Å². The summed E-state index contributed by atoms with van der Waals surface area (Å²) in [6.45, 7) is 11.6. The van der Waals surface area contributed by atoms with Crippen LogP contribution < -0.4 is 5.32 Å². The third-order valence-corrected chi connectivity index (χ3v) is 5.40. The molecule has 1 aromatic heterocycles. The fourth-order valence-electron chi connectivity index (χ4n) is 3.24. The molecule has 0 amide bonds. The van der Waals surface area contributed by atoms with Crippen LogP contribution in [0.25, 0.3) is 0 Å². The maximum atomic E-state index is 11.2. The Morgan fingerprint density at radius 1 is 1.35 bits per heavy atom. The zero-order chi connectivity index (χ0) is 15.3. The van der Waals surface area contributed by atoms with Gasteiger partial charge in [0.15, 0.2) is 0 Å². The molecular weight excluding hydrogens is 256 g/mol. The number of nitrogens with zero attached hydrogens (tertiary/aromatic N) is 3. The topological polar surface area (TPSA) is 73.0 Å². The lowest BCUT2D eigenvalue weighted by Gasteiger charge is -2.07. The Balaban J connectivity index is 2.19. The fraction of sp³-hybridized carbons (Fsp3) is 0.786. The second kappa shape index (κ2) is 4.46. The van der Waals surface area contributed by atoms with Crippen LogP contribution in [0.4, 0.5) is 11.5 Å². The Hall–Kier alpha value is -1.59. The SMILES string of the molecule is CCc1nn(C)c(NCC2C(C)(C)C2(C)C)c1[N+](=O)[O-]. The van der Waals surface area contributed by atoms with Gasteiger partial charge in [0.1, 0.15) is 5.69 Å². The number of hydrogen-bond acceptors (Lipinski definition) is 4. The van der Waals surface area contributed by atoms with Crippen LogP contribution in [0.15, 0.2) is 0 Å². The molecule has 1 aliphatic carbocycles. The van der Waals surface area contributed by atoms with E-state index < -0.39 is 0 Å². The maximum Gasteiger partial charge on any atom is 0.333 e. The number of aromatic nitrogens is 2. The van der Waals surface area contributed by atoms with E-state index in [1.807, 2.05) is 6.92 Å². The van der Waals surface area contributed by atoms with Gasteiger partial charge < -0.3 is 5.32 Å². The first-order chi connectivity index (χ1) is 9.14. The Labute approximate surface area is 119 Å². The van der Waals surface area contributed by atoms with E-state index in [1.165, 1.54) is 0 Å². The summed E-state index contributed by atoms with van der Waals surface area (Å²) in [6.07, 6.45) is 0.562. The van der Waals surface area contributed by atoms with E-state index >= 15 is 0 Å². The molecule has 1 fully saturated rings. The van der Waals surface area contributed by atoms with E-state index in [1.54, 1.807) is 11.7 Å². The predicted octanol–water partition coefficient (Wildman–Crippen LogP) is 2.98. The van der Waals surface area contributed by atoms with Crippen molar-refractivity contribution in [2.75, 3.05) is 11.9 Å². The van der Waals surface area contributed by atoms with Crippen molar-refractivity contribution in [3.8, 4) is 0 Å². The van der Waals surface area contributed by atoms with Crippen LogP contribution in [0, 0.1) is 26.9 Å². The molecule has 2 rings (SSSR count). The fourth-order valence-corrected chi connectivity index (χ4v) is 3.24. The van der Waals surface area contributed by atoms with Crippen LogP contribution in [0.3, 0.4) is 0 Å². The molecule has 1 aromatic rings. The van der Waals surface area contributed by atoms with Crippen LogP contribution in [-0.4, -0.2) is 21.2 Å². The number of rotatable bonds is 5. The first-order valence-corrected chi connectivity index (χ1v) is 7.08. The molecule has 0 unspecified atom stereocenters. The summed E-state index contributed by atoms with van der Waals surface area (Å²) in [5.41, 5.74) is 1.18. The van der Waals surface area contributed by atoms with Gasteiger partial charge in [0, 0.05) is 13.6 Å². The van der Waals surface area contributed by atoms with Crippen molar-refractivity contribution in [2.24, 2.45) is 23.8 Å². The van der Waals surface area contributed by atoms with Crippen molar-refractivity contribution in [1.29, 1.82) is 0 Å². The quantitative estimate of drug-likeness (QED) is 0.664. The standard InChI is InChI=1S/C14H24N4O2/c1-7-9-11(18(19)20)12(17(6)16-9)15-8-10-13(2,3)14(10,4)5/h10,15H,7-8H2,1-6H3. The molecular formula is C14H24N4O2. The zero-order valence-electron chi connectivity index (χ0n) is 13.1. The molecule has 1 aliphatic rings. The number of nitrogens with one attached hydrogen (secondary N) is 1. The largest absolute Gasteiger partial charge is 0.364 e. The summed E-state index contributed by atoms with van der Waals surface area (Å²) in [4.78, 5) is 10.9. The number of anilines is 1. The van der Waals surface area contributed by atoms with E-state index in [0.717, 1.165) is 6.54 Å². The van der Waals surface area contributed by atoms with Gasteiger partial charge in [-0.3, -0.25) is 10.1 Å². The molecule has 0 radical (unpaired) electrons. The third kappa shape index (κ3) is 1.98. The predicted molar refractivity (Wildman–Crippen MR) is 78.8 cm³/mol. The molecule has 1 heterocycles. The molecule has 0 saturated heterocycles. The molecule has 20 heavy (non-hydrogen) atoms. The summed E-state index contributed by atoms with van der Waals surface area (Å²) in [6, 6.07) is 0. The summed E-state index contributed by atoms with van der Waals surface area (Å²) in [5, 5.41) is 18.7. The normalized spacial score (nSPS) is 19.9. The average Bonchev–Trinajstić information content (AvgIpc) is 2.62. The molecule has 1 saturated carbocycles. The highest BCUT2D eigenvalue weighted by Gasteiger charge is 2.64. The highest BCUT2D eigenvalue weighted by Crippen LogP contribution is 2.68. The Morgan fingerprint density at radius 3 is 2.30 bits per heavy atom. The van der Waals surface area contributed by atoms with E-state index in [0.29, 0.717) is 23.9 Å². The van der Waals surface area contributed by atoms with Crippen molar-refractivity contribution in [3.63, 3.8) is 0 Å². The molecule has 0 spiro atoms. The van der Waals surface area contributed by atoms with Crippen LogP contribution in [0.1, 0.15) is 40.3 Å². The lowest BCUT2D eigenvalue weighted by molar-refractivity contribution is -0.384. The van der Waals surface area contributed by atoms with Gasteiger partial charge in [-0.05, 0) is 23.2 Å². The lowest BCUT2D eigenvalue weighted by Crippen LogP contribution is -2.12. The van der Waals surface area contributed by atoms with Crippen LogP contribution in [0.2, 0.25) is 0 Å². The van der Waals surface area contributed by atoms with Crippen LogP contribution in [-0.2, 0) is 13.5 Å². The van der Waals surface area contributed by atoms with Gasteiger partial charge in [-0.15, -0.1) is 0 Å². The minimum Gasteiger partial charge on any atom is -0.364 e. The number of hydrogen-bond donors (Lipinski definition) is 1. The van der Waals surface area contributed by atoms with E-state index in [4.69, 9.17) is 0 Å². The second-order valence-corrected chi connectivity index (χ2v) is 6.76. The van der Waals surface area contributed by atoms with Crippen molar-refractivity contribution >= 4 is 11.5 Å². The van der Waals surface area contributed by atoms with Gasteiger partial charge in [0.05, 0.1) is 4.92 Å². The Kier molecular flexibility index (Phi) is 3.31. The van der Waals surface area contributed by atoms with Gasteiger partial charge in [-0.25, -0.2) is 4.68 Å². The van der Waals surface area contributed by atoms with Crippen molar-refractivity contribution in [2.45, 2.75) is 41.0 Å². The summed E-state index contributed by atoms with van der Waals surface area (Å²) < 4.78 is 1.58. The van der Waals surface area contributed by atoms with Gasteiger partial charge in [0.25, 0.3) is 0 Å². The molecule has 6 nitrogen and oxygen atoms in total. The third-order valence-electron chi connectivity index (χ3n) is 5.40. The highest BCUT2D eigenvalue weighted by atomic mass is 16.6. The molecule has 0 bridgehead atoms. The molecule has 1 N–H and O–H groups in total. The maximum absolute atomic E-state index is 11.2. The molecule has 0 atom stereocenters. The van der Waals surface area contributed by atoms with Crippen LogP contribution >= 0.6 is 0 Å². The molecule has 0 aliphatic heterocycles. The first kappa shape index (κ1) is 14.8. The first-order valence-electron chi connectivity index (χ1n) is 7.08. The van der Waals surface area contributed by atoms with Gasteiger partial charge in [-0.2, -0.15) is 5.10 Å². The van der Waals surface area contributed by atoms with Gasteiger partial charge in [-0.1, -0.05) is 34.6 Å². The summed E-state index contributed by atoms with van der Waals surface area (Å²) in [5.74, 6) is 1.03. The van der Waals surface area contributed by atoms with Crippen molar-refractivity contribution < 1.29 is 4.92 Å². The molecule has 112 valence electrons. The zero-order valence-corrected chi connectivity index (χ0v) is 13.1. The average molecular weight is 280 g/mol. The molecule has 6 heteroatoms. The highest BCUT2D eigenvalue weighted by molar-refractivity contribution is 5.60. The van der Waals surface area contributed by atoms with Crippen molar-refractivity contribution in [3.05, 3.63) is 15.8 Å². The summed E-state index contributed by atoms with van der Waals surface area (Å²) >= 11 is 0. The van der Waals surface area contributed by atoms with Crippen LogP contribution in [0.5, 0.6) is 0 Å². The number of aryl methyl sites for hydroxylation is 2. The Bertz CT molecular complexity index is 532. The van der Waals surface area contributed by atoms with E-state index in [9.17, 15) is 10.1 Å². The minimum absolute atomic E-state index is 0.117.